The lowest BCUT2D eigenvalue weighted by molar-refractivity contribution is -0.0000751. The second kappa shape index (κ2) is 22.3. The fraction of sp³-hybridized carbons (Fsp3) is 1.00. The molecule has 0 aliphatic rings. The van der Waals surface area contributed by atoms with Crippen molar-refractivity contribution in [1.29, 1.82) is 0 Å². The highest BCUT2D eigenvalue weighted by Crippen LogP contribution is 2.21. The monoisotopic (exact) mass is 453 g/mol. The molecule has 0 fully saturated rings. The van der Waals surface area contributed by atoms with Crippen molar-refractivity contribution in [3.63, 3.8) is 0 Å². The van der Waals surface area contributed by atoms with E-state index in [-0.39, 0.29) is 0 Å². The molecular formula is C28H60AlNO. The molecule has 0 heterocycles. The maximum absolute atomic E-state index is 7.08. The van der Waals surface area contributed by atoms with E-state index in [9.17, 15) is 0 Å². The Balaban J connectivity index is 4.84. The van der Waals surface area contributed by atoms with Crippen molar-refractivity contribution in [3.05, 3.63) is 0 Å². The van der Waals surface area contributed by atoms with E-state index >= 15 is 0 Å². The summed E-state index contributed by atoms with van der Waals surface area (Å²) in [5.74, 6) is 1.41. The molecule has 0 aliphatic heterocycles. The Hall–Kier alpha value is 0.452. The van der Waals surface area contributed by atoms with Gasteiger partial charge < -0.3 is 3.79 Å². The van der Waals surface area contributed by atoms with E-state index in [1.807, 2.05) is 0 Å². The summed E-state index contributed by atoms with van der Waals surface area (Å²) in [6.07, 6.45) is 19.7. The Morgan fingerprint density at radius 2 is 1.00 bits per heavy atom. The Morgan fingerprint density at radius 3 is 1.39 bits per heavy atom. The van der Waals surface area contributed by atoms with Gasteiger partial charge in [-0.15, -0.1) is 0 Å². The zero-order valence-electron chi connectivity index (χ0n) is 22.9. The van der Waals surface area contributed by atoms with Crippen molar-refractivity contribution in [2.75, 3.05) is 13.1 Å². The molecule has 0 amide bonds. The normalized spacial score (nSPS) is 13.0. The highest BCUT2D eigenvalue weighted by molar-refractivity contribution is 6.51. The van der Waals surface area contributed by atoms with Crippen LogP contribution in [0.1, 0.15) is 138 Å². The Morgan fingerprint density at radius 1 is 0.581 bits per heavy atom. The molecule has 0 aliphatic carbocycles. The highest BCUT2D eigenvalue weighted by Gasteiger charge is 2.27. The molecule has 31 heavy (non-hydrogen) atoms. The summed E-state index contributed by atoms with van der Waals surface area (Å²) in [4.78, 5) is 2.70. The Bertz CT molecular complexity index is 335. The van der Waals surface area contributed by atoms with Crippen LogP contribution in [0.25, 0.3) is 0 Å². The lowest BCUT2D eigenvalue weighted by Gasteiger charge is -2.36. The molecule has 0 aromatic carbocycles. The lowest BCUT2D eigenvalue weighted by Crippen LogP contribution is -2.44. The molecule has 186 valence electrons. The van der Waals surface area contributed by atoms with E-state index in [2.05, 4.69) is 53.4 Å². The van der Waals surface area contributed by atoms with Gasteiger partial charge in [0.1, 0.15) is 0 Å². The minimum atomic E-state index is -1.13. The topological polar surface area (TPSA) is 12.5 Å². The first-order valence-electron chi connectivity index (χ1n) is 14.3. The van der Waals surface area contributed by atoms with Crippen LogP contribution in [0, 0.1) is 11.8 Å². The van der Waals surface area contributed by atoms with Crippen LogP contribution >= 0.6 is 0 Å². The first-order valence-corrected chi connectivity index (χ1v) is 16.4. The molecule has 2 nitrogen and oxygen atoms in total. The van der Waals surface area contributed by atoms with Gasteiger partial charge in [0, 0.05) is 13.1 Å². The molecule has 0 saturated heterocycles. The van der Waals surface area contributed by atoms with E-state index in [0.29, 0.717) is 18.1 Å². The van der Waals surface area contributed by atoms with Crippen LogP contribution in [0.5, 0.6) is 0 Å². The molecule has 1 unspecified atom stereocenters. The van der Waals surface area contributed by atoms with Gasteiger partial charge in [-0.2, -0.15) is 0 Å². The number of hydrogen-bond acceptors (Lipinski definition) is 2. The second-order valence-corrected chi connectivity index (χ2v) is 13.5. The molecular weight excluding hydrogens is 393 g/mol. The van der Waals surface area contributed by atoms with Crippen LogP contribution in [-0.2, 0) is 3.79 Å². The summed E-state index contributed by atoms with van der Waals surface area (Å²) >= 11 is -1.13. The zero-order chi connectivity index (χ0) is 23.3. The van der Waals surface area contributed by atoms with Gasteiger partial charge in [-0.1, -0.05) is 143 Å². The minimum absolute atomic E-state index is 0.367. The van der Waals surface area contributed by atoms with Crippen LogP contribution in [0.15, 0.2) is 0 Å². The summed E-state index contributed by atoms with van der Waals surface area (Å²) < 4.78 is 7.08. The predicted molar refractivity (Wildman–Crippen MR) is 143 cm³/mol. The lowest BCUT2D eigenvalue weighted by atomic mass is 10.1. The summed E-state index contributed by atoms with van der Waals surface area (Å²) in [6, 6.07) is 0. The summed E-state index contributed by atoms with van der Waals surface area (Å²) in [5, 5.41) is 2.80. The van der Waals surface area contributed by atoms with E-state index in [4.69, 9.17) is 3.79 Å². The maximum Gasteiger partial charge on any atom is 0.461 e. The van der Waals surface area contributed by atoms with Crippen LogP contribution in [0.4, 0.5) is 0 Å². The Kier molecular flexibility index (Phi) is 22.6. The van der Waals surface area contributed by atoms with Gasteiger partial charge in [-0.05, 0) is 18.3 Å². The summed E-state index contributed by atoms with van der Waals surface area (Å²) in [5.41, 5.74) is 0. The van der Waals surface area contributed by atoms with E-state index < -0.39 is 14.5 Å². The molecule has 1 atom stereocenters. The molecule has 3 heteroatoms. The summed E-state index contributed by atoms with van der Waals surface area (Å²) in [6.45, 7) is 18.7. The first kappa shape index (κ1) is 31.5. The molecule has 0 spiro atoms. The molecule has 0 radical (unpaired) electrons. The highest BCUT2D eigenvalue weighted by atomic mass is 27.2. The molecule has 0 bridgehead atoms. The van der Waals surface area contributed by atoms with Crippen molar-refractivity contribution in [1.82, 2.24) is 4.90 Å². The van der Waals surface area contributed by atoms with Gasteiger partial charge in [0.05, 0.1) is 6.23 Å². The van der Waals surface area contributed by atoms with Crippen molar-refractivity contribution in [2.45, 2.75) is 155 Å². The molecule has 0 saturated carbocycles. The predicted octanol–water partition coefficient (Wildman–Crippen LogP) is 9.46. The van der Waals surface area contributed by atoms with E-state index in [0.717, 1.165) is 0 Å². The van der Waals surface area contributed by atoms with Crippen LogP contribution in [0.2, 0.25) is 10.6 Å². The largest absolute Gasteiger partial charge is 0.487 e. The summed E-state index contributed by atoms with van der Waals surface area (Å²) in [7, 11) is 0. The maximum atomic E-state index is 7.08. The Labute approximate surface area is 203 Å². The number of unbranched alkanes of at least 4 members (excludes halogenated alkanes) is 10. The van der Waals surface area contributed by atoms with Crippen molar-refractivity contribution in [3.8, 4) is 0 Å². The SMILES string of the molecule is CCCCCCC[CH2][Al]([CH2]CCCCCCC)[O]C(CCC)N(CC(C)C)CC(C)C. The van der Waals surface area contributed by atoms with Crippen molar-refractivity contribution in [2.24, 2.45) is 11.8 Å². The zero-order valence-corrected chi connectivity index (χ0v) is 24.0. The van der Waals surface area contributed by atoms with Crippen molar-refractivity contribution >= 4 is 14.5 Å². The fourth-order valence-electron chi connectivity index (χ4n) is 4.64. The number of nitrogens with zero attached hydrogens (tertiary/aromatic N) is 1. The smallest absolute Gasteiger partial charge is 0.461 e. The van der Waals surface area contributed by atoms with Gasteiger partial charge in [-0.25, -0.2) is 0 Å². The third kappa shape index (κ3) is 19.6. The van der Waals surface area contributed by atoms with Gasteiger partial charge >= 0.3 is 14.5 Å². The van der Waals surface area contributed by atoms with E-state index in [1.54, 1.807) is 0 Å². The average Bonchev–Trinajstić information content (AvgIpc) is 2.71. The van der Waals surface area contributed by atoms with Gasteiger partial charge in [0.2, 0.25) is 0 Å². The standard InChI is InChI=1S/C12H26NO.2C8H17.Al/c1-6-7-12(14)13(8-10(2)3)9-11(4)5;2*1-3-5-7-8-6-4-2;/h10-12H,6-9H2,1-5H3;2*1,3-8H2,2H3;/q-1;;;+1. The second-order valence-electron chi connectivity index (χ2n) is 10.9. The number of rotatable bonds is 23. The number of hydrogen-bond donors (Lipinski definition) is 0. The van der Waals surface area contributed by atoms with Gasteiger partial charge in [0.25, 0.3) is 0 Å². The van der Waals surface area contributed by atoms with Gasteiger partial charge in [-0.3, -0.25) is 4.90 Å². The van der Waals surface area contributed by atoms with Gasteiger partial charge in [0.15, 0.2) is 0 Å². The van der Waals surface area contributed by atoms with Crippen LogP contribution in [-0.4, -0.2) is 38.7 Å². The molecule has 0 N–H and O–H groups in total. The fourth-order valence-corrected chi connectivity index (χ4v) is 7.44. The molecule has 0 rings (SSSR count). The molecule has 0 aromatic heterocycles. The van der Waals surface area contributed by atoms with Crippen LogP contribution in [0.3, 0.4) is 0 Å². The first-order chi connectivity index (χ1) is 14.9. The quantitative estimate of drug-likeness (QED) is 0.0867. The molecule has 0 aromatic rings. The van der Waals surface area contributed by atoms with Crippen LogP contribution < -0.4 is 0 Å². The minimum Gasteiger partial charge on any atom is -0.487 e. The average molecular weight is 454 g/mol. The van der Waals surface area contributed by atoms with E-state index in [1.165, 1.54) is 114 Å². The third-order valence-corrected chi connectivity index (χ3v) is 9.05. The van der Waals surface area contributed by atoms with Crippen molar-refractivity contribution < 1.29 is 3.79 Å². The third-order valence-electron chi connectivity index (χ3n) is 6.25.